The number of methoxy groups -OCH3 is 1. The molecule has 1 aliphatic heterocycles. The second-order valence-electron chi connectivity index (χ2n) is 19.5. The van der Waals surface area contributed by atoms with Gasteiger partial charge in [0.15, 0.2) is 0 Å². The van der Waals surface area contributed by atoms with Gasteiger partial charge in [-0.1, -0.05) is 41.5 Å². The first-order chi connectivity index (χ1) is 22.3. The van der Waals surface area contributed by atoms with Crippen molar-refractivity contribution < 1.29 is 24.1 Å². The molecule has 268 valence electrons. The van der Waals surface area contributed by atoms with Crippen molar-refractivity contribution in [2.24, 2.45) is 62.1 Å². The first-order valence-corrected chi connectivity index (χ1v) is 19.9. The van der Waals surface area contributed by atoms with Crippen LogP contribution in [-0.2, 0) is 19.0 Å². The van der Waals surface area contributed by atoms with Gasteiger partial charge in [0, 0.05) is 20.2 Å². The fourth-order valence-electron chi connectivity index (χ4n) is 14.4. The second kappa shape index (κ2) is 12.2. The summed E-state index contributed by atoms with van der Waals surface area (Å²) in [4.78, 5) is 17.3. The molecule has 10 atom stereocenters. The summed E-state index contributed by atoms with van der Waals surface area (Å²) in [6.45, 7) is 19.5. The molecule has 7 fully saturated rings. The normalized spacial score (nSPS) is 47.0. The van der Waals surface area contributed by atoms with Crippen LogP contribution in [0.5, 0.6) is 0 Å². The number of fused-ring (bicyclic) bond motifs is 7. The Kier molecular flexibility index (Phi) is 9.04. The Morgan fingerprint density at radius 2 is 1.43 bits per heavy atom. The van der Waals surface area contributed by atoms with Crippen LogP contribution in [0.2, 0.25) is 0 Å². The first-order valence-electron chi connectivity index (χ1n) is 19.9. The summed E-state index contributed by atoms with van der Waals surface area (Å²) in [5, 5.41) is 11.1. The molecule has 0 bridgehead atoms. The minimum Gasteiger partial charge on any atom is -0.393 e. The lowest BCUT2D eigenvalue weighted by molar-refractivity contribution is -0.249. The number of ether oxygens (including phenoxy) is 3. The molecule has 1 amide bonds. The van der Waals surface area contributed by atoms with Crippen LogP contribution in [0.4, 0.5) is 0 Å². The van der Waals surface area contributed by atoms with Crippen LogP contribution in [-0.4, -0.2) is 74.7 Å². The SMILES string of the molecule is COCCOCCOC1CCN(C(=O)C23CCC(C4(C)CC4)C2C2CCC4C5(C)CCC(O)C(C)(C)C5CCC4(C)C2(C)CC3)CC1. The molecule has 0 aromatic carbocycles. The van der Waals surface area contributed by atoms with Gasteiger partial charge in [0.05, 0.1) is 44.1 Å². The Hall–Kier alpha value is -0.690. The molecule has 10 unspecified atom stereocenters. The third-order valence-electron chi connectivity index (χ3n) is 17.5. The zero-order valence-electron chi connectivity index (χ0n) is 31.2. The van der Waals surface area contributed by atoms with E-state index >= 15 is 4.79 Å². The number of rotatable bonds is 9. The summed E-state index contributed by atoms with van der Waals surface area (Å²) in [6, 6.07) is 0. The van der Waals surface area contributed by atoms with Gasteiger partial charge in [0.25, 0.3) is 0 Å². The summed E-state index contributed by atoms with van der Waals surface area (Å²) < 4.78 is 16.9. The van der Waals surface area contributed by atoms with Crippen LogP contribution >= 0.6 is 0 Å². The van der Waals surface area contributed by atoms with Crippen LogP contribution in [0.1, 0.15) is 131 Å². The lowest BCUT2D eigenvalue weighted by Crippen LogP contribution is -2.67. The van der Waals surface area contributed by atoms with Crippen molar-refractivity contribution in [1.29, 1.82) is 0 Å². The van der Waals surface area contributed by atoms with E-state index in [4.69, 9.17) is 14.2 Å². The van der Waals surface area contributed by atoms with E-state index < -0.39 is 0 Å². The van der Waals surface area contributed by atoms with Crippen LogP contribution in [0.25, 0.3) is 0 Å². The number of amides is 1. The van der Waals surface area contributed by atoms with Crippen LogP contribution in [0.3, 0.4) is 0 Å². The van der Waals surface area contributed by atoms with E-state index in [0.29, 0.717) is 78.2 Å². The lowest BCUT2D eigenvalue weighted by Gasteiger charge is -2.73. The van der Waals surface area contributed by atoms with Crippen molar-refractivity contribution in [3.63, 3.8) is 0 Å². The molecule has 6 heteroatoms. The number of aliphatic hydroxyl groups excluding tert-OH is 1. The van der Waals surface area contributed by atoms with Gasteiger partial charge in [0.2, 0.25) is 5.91 Å². The predicted octanol–water partition coefficient (Wildman–Crippen LogP) is 7.90. The molecule has 0 spiro atoms. The molecule has 0 aromatic heterocycles. The predicted molar refractivity (Wildman–Crippen MR) is 186 cm³/mol. The zero-order valence-corrected chi connectivity index (χ0v) is 31.2. The molecule has 7 rings (SSSR count). The van der Waals surface area contributed by atoms with Crippen LogP contribution < -0.4 is 0 Å². The van der Waals surface area contributed by atoms with Gasteiger partial charge in [-0.2, -0.15) is 0 Å². The number of piperidine rings is 1. The quantitative estimate of drug-likeness (QED) is 0.256. The molecule has 1 saturated heterocycles. The van der Waals surface area contributed by atoms with Crippen molar-refractivity contribution in [3.8, 4) is 0 Å². The number of hydrogen-bond acceptors (Lipinski definition) is 5. The third kappa shape index (κ3) is 5.24. The Balaban J connectivity index is 1.11. The molecule has 1 N–H and O–H groups in total. The molecule has 6 saturated carbocycles. The summed E-state index contributed by atoms with van der Waals surface area (Å²) in [5.74, 6) is 3.71. The molecular weight excluding hydrogens is 586 g/mol. The van der Waals surface area contributed by atoms with Crippen molar-refractivity contribution >= 4 is 5.91 Å². The highest BCUT2D eigenvalue weighted by Crippen LogP contribution is 2.79. The van der Waals surface area contributed by atoms with Gasteiger partial charge in [-0.15, -0.1) is 0 Å². The molecular formula is C41H69NO5. The smallest absolute Gasteiger partial charge is 0.229 e. The standard InChI is InChI=1S/C41H69NO5/c1-36(2)31-11-16-40(6)32(38(31,4)15-12-33(36)43)9-8-30-34-29(37(3)18-19-37)10-17-41(34,21-20-39(30,40)5)35(44)42-22-13-28(14-23-42)47-27-26-46-25-24-45-7/h28-34,43H,8-27H2,1-7H3. The van der Waals surface area contributed by atoms with Crippen LogP contribution in [0, 0.1) is 62.1 Å². The van der Waals surface area contributed by atoms with Crippen molar-refractivity contribution in [1.82, 2.24) is 4.90 Å². The van der Waals surface area contributed by atoms with E-state index in [9.17, 15) is 5.11 Å². The number of hydrogen-bond donors (Lipinski definition) is 1. The van der Waals surface area contributed by atoms with Gasteiger partial charge in [-0.05, 0) is 147 Å². The van der Waals surface area contributed by atoms with E-state index in [1.165, 1.54) is 57.8 Å². The van der Waals surface area contributed by atoms with Gasteiger partial charge in [0.1, 0.15) is 0 Å². The van der Waals surface area contributed by atoms with Crippen molar-refractivity contribution in [2.45, 2.75) is 144 Å². The van der Waals surface area contributed by atoms with E-state index in [2.05, 4.69) is 46.4 Å². The summed E-state index contributed by atoms with van der Waals surface area (Å²) in [5.41, 5.74) is 1.15. The fraction of sp³-hybridized carbons (Fsp3) is 0.976. The molecule has 47 heavy (non-hydrogen) atoms. The Morgan fingerprint density at radius 1 is 0.702 bits per heavy atom. The Morgan fingerprint density at radius 3 is 2.13 bits per heavy atom. The first kappa shape index (κ1) is 34.7. The molecule has 1 heterocycles. The average molecular weight is 656 g/mol. The highest BCUT2D eigenvalue weighted by Gasteiger charge is 2.73. The van der Waals surface area contributed by atoms with Crippen LogP contribution in [0.15, 0.2) is 0 Å². The Labute approximate surface area is 286 Å². The van der Waals surface area contributed by atoms with E-state index in [0.717, 1.165) is 45.2 Å². The summed E-state index contributed by atoms with van der Waals surface area (Å²) in [6.07, 6.45) is 16.6. The molecule has 6 aliphatic carbocycles. The minimum absolute atomic E-state index is 0.00628. The van der Waals surface area contributed by atoms with Gasteiger partial charge in [-0.25, -0.2) is 0 Å². The summed E-state index contributed by atoms with van der Waals surface area (Å²) >= 11 is 0. The second-order valence-corrected chi connectivity index (χ2v) is 19.5. The molecule has 7 aliphatic rings. The third-order valence-corrected chi connectivity index (χ3v) is 17.5. The maximum absolute atomic E-state index is 15.0. The van der Waals surface area contributed by atoms with Gasteiger partial charge < -0.3 is 24.2 Å². The zero-order chi connectivity index (χ0) is 33.5. The highest BCUT2D eigenvalue weighted by atomic mass is 16.5. The number of carbonyl (C=O) groups is 1. The highest BCUT2D eigenvalue weighted by molar-refractivity contribution is 5.84. The number of nitrogens with zero attached hydrogens (tertiary/aromatic N) is 1. The number of carbonyl (C=O) groups excluding carboxylic acids is 1. The lowest BCUT2D eigenvalue weighted by atomic mass is 9.32. The number of likely N-dealkylation sites (tertiary alicyclic amines) is 1. The molecule has 0 radical (unpaired) electrons. The summed E-state index contributed by atoms with van der Waals surface area (Å²) in [7, 11) is 1.70. The Bertz CT molecular complexity index is 1160. The van der Waals surface area contributed by atoms with Crippen molar-refractivity contribution in [3.05, 3.63) is 0 Å². The minimum atomic E-state index is -0.173. The fourth-order valence-corrected chi connectivity index (χ4v) is 14.4. The van der Waals surface area contributed by atoms with E-state index in [1.807, 2.05) is 0 Å². The van der Waals surface area contributed by atoms with Gasteiger partial charge >= 0.3 is 0 Å². The van der Waals surface area contributed by atoms with E-state index in [1.54, 1.807) is 7.11 Å². The van der Waals surface area contributed by atoms with Gasteiger partial charge in [-0.3, -0.25) is 4.79 Å². The maximum Gasteiger partial charge on any atom is 0.229 e. The average Bonchev–Trinajstić information content (AvgIpc) is 3.66. The maximum atomic E-state index is 15.0. The molecule has 6 nitrogen and oxygen atoms in total. The van der Waals surface area contributed by atoms with Crippen molar-refractivity contribution in [2.75, 3.05) is 46.6 Å². The van der Waals surface area contributed by atoms with E-state index in [-0.39, 0.29) is 28.5 Å². The largest absolute Gasteiger partial charge is 0.393 e. The number of aliphatic hydroxyl groups is 1. The monoisotopic (exact) mass is 656 g/mol. The topological polar surface area (TPSA) is 68.2 Å². The molecule has 0 aromatic rings.